The molecule has 0 aromatic rings. The lowest BCUT2D eigenvalue weighted by Gasteiger charge is -2.30. The second-order valence-corrected chi connectivity index (χ2v) is 2.59. The molecule has 0 radical (unpaired) electrons. The van der Waals surface area contributed by atoms with Gasteiger partial charge in [0.1, 0.15) is 0 Å². The van der Waals surface area contributed by atoms with Crippen LogP contribution in [0.1, 0.15) is 13.3 Å². The summed E-state index contributed by atoms with van der Waals surface area (Å²) in [6.07, 6.45) is -0.688. The molecule has 0 spiro atoms. The van der Waals surface area contributed by atoms with Gasteiger partial charge in [-0.3, -0.25) is 0 Å². The number of carbonyl (C=O) groups is 1. The molecule has 0 bridgehead atoms. The van der Waals surface area contributed by atoms with Crippen LogP contribution in [0.3, 0.4) is 0 Å². The van der Waals surface area contributed by atoms with E-state index in [2.05, 4.69) is 4.74 Å². The van der Waals surface area contributed by atoms with E-state index in [9.17, 15) is 9.90 Å². The van der Waals surface area contributed by atoms with Crippen molar-refractivity contribution >= 4 is 5.97 Å². The van der Waals surface area contributed by atoms with Gasteiger partial charge in [0, 0.05) is 6.42 Å². The zero-order valence-corrected chi connectivity index (χ0v) is 5.70. The lowest BCUT2D eigenvalue weighted by molar-refractivity contribution is -0.188. The first kappa shape index (κ1) is 7.50. The molecule has 2 atom stereocenters. The van der Waals surface area contributed by atoms with Crippen molar-refractivity contribution in [3.8, 4) is 0 Å². The first-order chi connectivity index (χ1) is 4.55. The standard InChI is InChI=1S/C6H10O4/c1-6(9)4(7)2-3-10-5(6)8/h4,7,9H,2-3H2,1H3. The molecule has 0 aliphatic carbocycles. The van der Waals surface area contributed by atoms with Crippen molar-refractivity contribution in [3.05, 3.63) is 0 Å². The largest absolute Gasteiger partial charge is 0.463 e. The maximum atomic E-state index is 10.7. The fourth-order valence-corrected chi connectivity index (χ4v) is 0.826. The van der Waals surface area contributed by atoms with Crippen molar-refractivity contribution in [1.29, 1.82) is 0 Å². The average molecular weight is 146 g/mol. The van der Waals surface area contributed by atoms with E-state index in [1.165, 1.54) is 6.92 Å². The Kier molecular flexibility index (Phi) is 1.66. The number of aliphatic hydroxyl groups is 2. The molecule has 1 fully saturated rings. The average Bonchev–Trinajstić information content (AvgIpc) is 1.84. The Bertz CT molecular complexity index is 152. The molecule has 2 unspecified atom stereocenters. The highest BCUT2D eigenvalue weighted by molar-refractivity contribution is 5.80. The Balaban J connectivity index is 2.73. The molecule has 1 heterocycles. The monoisotopic (exact) mass is 146 g/mol. The van der Waals surface area contributed by atoms with Crippen LogP contribution < -0.4 is 0 Å². The Morgan fingerprint density at radius 1 is 1.80 bits per heavy atom. The molecule has 2 N–H and O–H groups in total. The number of esters is 1. The summed E-state index contributed by atoms with van der Waals surface area (Å²) in [7, 11) is 0. The lowest BCUT2D eigenvalue weighted by Crippen LogP contribution is -2.51. The molecule has 1 saturated heterocycles. The summed E-state index contributed by atoms with van der Waals surface area (Å²) in [5.41, 5.74) is -1.71. The molecule has 10 heavy (non-hydrogen) atoms. The summed E-state index contributed by atoms with van der Waals surface area (Å²) in [6, 6.07) is 0. The van der Waals surface area contributed by atoms with Gasteiger partial charge >= 0.3 is 5.97 Å². The number of rotatable bonds is 0. The van der Waals surface area contributed by atoms with Gasteiger partial charge in [-0.15, -0.1) is 0 Å². The first-order valence-corrected chi connectivity index (χ1v) is 3.13. The van der Waals surface area contributed by atoms with Crippen molar-refractivity contribution in [1.82, 2.24) is 0 Å². The minimum Gasteiger partial charge on any atom is -0.463 e. The van der Waals surface area contributed by atoms with E-state index in [1.807, 2.05) is 0 Å². The van der Waals surface area contributed by atoms with Gasteiger partial charge in [0.25, 0.3) is 0 Å². The maximum absolute atomic E-state index is 10.7. The van der Waals surface area contributed by atoms with Gasteiger partial charge in [0.15, 0.2) is 5.60 Å². The van der Waals surface area contributed by atoms with Gasteiger partial charge in [-0.05, 0) is 6.92 Å². The van der Waals surface area contributed by atoms with Gasteiger partial charge < -0.3 is 14.9 Å². The zero-order valence-electron chi connectivity index (χ0n) is 5.70. The zero-order chi connectivity index (χ0) is 7.78. The molecule has 1 aliphatic rings. The minimum atomic E-state index is -1.71. The quantitative estimate of drug-likeness (QED) is 0.432. The molecule has 4 heteroatoms. The number of hydrogen-bond acceptors (Lipinski definition) is 4. The predicted molar refractivity (Wildman–Crippen MR) is 32.2 cm³/mol. The summed E-state index contributed by atoms with van der Waals surface area (Å²) in [5, 5.41) is 18.2. The number of cyclic esters (lactones) is 1. The fourth-order valence-electron chi connectivity index (χ4n) is 0.826. The molecule has 0 saturated carbocycles. The number of hydrogen-bond donors (Lipinski definition) is 2. The maximum Gasteiger partial charge on any atom is 0.340 e. The number of aliphatic hydroxyl groups excluding tert-OH is 1. The van der Waals surface area contributed by atoms with Crippen molar-refractivity contribution in [2.24, 2.45) is 0 Å². The Hall–Kier alpha value is -0.610. The van der Waals surface area contributed by atoms with Gasteiger partial charge in [-0.25, -0.2) is 4.79 Å². The molecule has 0 amide bonds. The smallest absolute Gasteiger partial charge is 0.340 e. The van der Waals surface area contributed by atoms with Gasteiger partial charge in [0.05, 0.1) is 12.7 Å². The van der Waals surface area contributed by atoms with Crippen molar-refractivity contribution in [2.75, 3.05) is 6.61 Å². The topological polar surface area (TPSA) is 66.8 Å². The third-order valence-corrected chi connectivity index (χ3v) is 1.69. The Labute approximate surface area is 58.4 Å². The molecule has 0 aromatic heterocycles. The predicted octanol–water partition coefficient (Wildman–Crippen LogP) is -0.955. The molecule has 1 rings (SSSR count). The molecule has 58 valence electrons. The summed E-state index contributed by atoms with van der Waals surface area (Å²) in [4.78, 5) is 10.7. The van der Waals surface area contributed by atoms with Crippen LogP contribution in [0.25, 0.3) is 0 Å². The van der Waals surface area contributed by atoms with Crippen LogP contribution in [-0.4, -0.2) is 34.5 Å². The van der Waals surface area contributed by atoms with E-state index < -0.39 is 17.7 Å². The van der Waals surface area contributed by atoms with Crippen LogP contribution in [0, 0.1) is 0 Å². The molecule has 4 nitrogen and oxygen atoms in total. The van der Waals surface area contributed by atoms with Crippen LogP contribution in [0.15, 0.2) is 0 Å². The summed E-state index contributed by atoms with van der Waals surface area (Å²) < 4.78 is 4.51. The number of carbonyl (C=O) groups excluding carboxylic acids is 1. The van der Waals surface area contributed by atoms with Crippen molar-refractivity contribution in [3.63, 3.8) is 0 Å². The van der Waals surface area contributed by atoms with Gasteiger partial charge in [-0.1, -0.05) is 0 Å². The second kappa shape index (κ2) is 2.21. The van der Waals surface area contributed by atoms with Crippen LogP contribution >= 0.6 is 0 Å². The summed E-state index contributed by atoms with van der Waals surface area (Å²) in [5.74, 6) is -0.744. The summed E-state index contributed by atoms with van der Waals surface area (Å²) >= 11 is 0. The van der Waals surface area contributed by atoms with E-state index in [0.29, 0.717) is 6.42 Å². The highest BCUT2D eigenvalue weighted by Gasteiger charge is 2.42. The number of ether oxygens (including phenoxy) is 1. The van der Waals surface area contributed by atoms with Crippen LogP contribution in [0.5, 0.6) is 0 Å². The molecular weight excluding hydrogens is 136 g/mol. The third-order valence-electron chi connectivity index (χ3n) is 1.69. The van der Waals surface area contributed by atoms with Crippen LogP contribution in [0.2, 0.25) is 0 Å². The normalized spacial score (nSPS) is 41.1. The fraction of sp³-hybridized carbons (Fsp3) is 0.833. The van der Waals surface area contributed by atoms with E-state index in [-0.39, 0.29) is 6.61 Å². The van der Waals surface area contributed by atoms with Crippen LogP contribution in [0.4, 0.5) is 0 Å². The van der Waals surface area contributed by atoms with Gasteiger partial charge in [-0.2, -0.15) is 0 Å². The van der Waals surface area contributed by atoms with E-state index >= 15 is 0 Å². The van der Waals surface area contributed by atoms with Crippen LogP contribution in [-0.2, 0) is 9.53 Å². The lowest BCUT2D eigenvalue weighted by atomic mass is 9.95. The van der Waals surface area contributed by atoms with E-state index in [1.54, 1.807) is 0 Å². The third kappa shape index (κ3) is 0.998. The SMILES string of the molecule is CC1(O)C(=O)OCCC1O. The van der Waals surface area contributed by atoms with Crippen molar-refractivity contribution < 1.29 is 19.7 Å². The second-order valence-electron chi connectivity index (χ2n) is 2.59. The van der Waals surface area contributed by atoms with E-state index in [4.69, 9.17) is 5.11 Å². The van der Waals surface area contributed by atoms with Crippen molar-refractivity contribution in [2.45, 2.75) is 25.0 Å². The Morgan fingerprint density at radius 3 is 2.80 bits per heavy atom. The summed E-state index contributed by atoms with van der Waals surface area (Å²) in [6.45, 7) is 1.44. The minimum absolute atomic E-state index is 0.191. The highest BCUT2D eigenvalue weighted by atomic mass is 16.6. The van der Waals surface area contributed by atoms with E-state index in [0.717, 1.165) is 0 Å². The molecule has 0 aromatic carbocycles. The molecule has 1 aliphatic heterocycles. The molecular formula is C6H10O4. The van der Waals surface area contributed by atoms with Gasteiger partial charge in [0.2, 0.25) is 0 Å². The Morgan fingerprint density at radius 2 is 2.40 bits per heavy atom. The highest BCUT2D eigenvalue weighted by Crippen LogP contribution is 2.19. The first-order valence-electron chi connectivity index (χ1n) is 3.13.